The maximum absolute atomic E-state index is 11.8. The molecule has 21 heavy (non-hydrogen) atoms. The standard InChI is InChI=1S/C15H13ClN2O3/c1-21-13-7-4-11(14(16)8-13)9-17-18-15(20)10-2-5-12(19)6-3-10/h2-9,19H,1H3,(H,18,20)/b17-9+. The zero-order chi connectivity index (χ0) is 15.2. The second kappa shape index (κ2) is 6.76. The Morgan fingerprint density at radius 2 is 2.00 bits per heavy atom. The minimum atomic E-state index is -0.379. The number of ether oxygens (including phenoxy) is 1. The van der Waals surface area contributed by atoms with E-state index >= 15 is 0 Å². The predicted octanol–water partition coefficient (Wildman–Crippen LogP) is 2.82. The number of rotatable bonds is 4. The van der Waals surface area contributed by atoms with E-state index in [0.717, 1.165) is 0 Å². The fraction of sp³-hybridized carbons (Fsp3) is 0.0667. The summed E-state index contributed by atoms with van der Waals surface area (Å²) in [6.45, 7) is 0. The largest absolute Gasteiger partial charge is 0.508 e. The zero-order valence-electron chi connectivity index (χ0n) is 11.2. The first-order valence-electron chi connectivity index (χ1n) is 6.06. The Bertz CT molecular complexity index is 669. The Kier molecular flexibility index (Phi) is 4.79. The van der Waals surface area contributed by atoms with E-state index in [1.54, 1.807) is 25.3 Å². The lowest BCUT2D eigenvalue weighted by Gasteiger charge is -2.03. The Labute approximate surface area is 126 Å². The number of phenolic OH excluding ortho intramolecular Hbond substituents is 1. The van der Waals surface area contributed by atoms with Gasteiger partial charge in [-0.25, -0.2) is 5.43 Å². The first-order valence-corrected chi connectivity index (χ1v) is 6.44. The molecule has 0 saturated heterocycles. The maximum atomic E-state index is 11.8. The van der Waals surface area contributed by atoms with Crippen LogP contribution >= 0.6 is 11.6 Å². The van der Waals surface area contributed by atoms with Gasteiger partial charge in [0.1, 0.15) is 11.5 Å². The molecule has 1 amide bonds. The molecule has 0 aliphatic carbocycles. The summed E-state index contributed by atoms with van der Waals surface area (Å²) in [4.78, 5) is 11.8. The average molecular weight is 305 g/mol. The molecule has 0 bridgehead atoms. The topological polar surface area (TPSA) is 70.9 Å². The average Bonchev–Trinajstić information content (AvgIpc) is 2.49. The predicted molar refractivity (Wildman–Crippen MR) is 81.2 cm³/mol. The molecule has 2 aromatic carbocycles. The van der Waals surface area contributed by atoms with Crippen LogP contribution in [0.3, 0.4) is 0 Å². The zero-order valence-corrected chi connectivity index (χ0v) is 12.0. The number of nitrogens with zero attached hydrogens (tertiary/aromatic N) is 1. The van der Waals surface area contributed by atoms with Crippen molar-refractivity contribution in [1.82, 2.24) is 5.43 Å². The van der Waals surface area contributed by atoms with Gasteiger partial charge in [0.15, 0.2) is 0 Å². The molecule has 5 nitrogen and oxygen atoms in total. The molecular formula is C15H13ClN2O3. The number of nitrogens with one attached hydrogen (secondary N) is 1. The lowest BCUT2D eigenvalue weighted by Crippen LogP contribution is -2.17. The second-order valence-electron chi connectivity index (χ2n) is 4.13. The molecule has 108 valence electrons. The minimum Gasteiger partial charge on any atom is -0.508 e. The number of carbonyl (C=O) groups is 1. The molecule has 0 atom stereocenters. The molecule has 0 fully saturated rings. The van der Waals surface area contributed by atoms with Gasteiger partial charge in [-0.05, 0) is 42.5 Å². The van der Waals surface area contributed by atoms with E-state index < -0.39 is 0 Å². The molecule has 0 aromatic heterocycles. The summed E-state index contributed by atoms with van der Waals surface area (Å²) >= 11 is 6.05. The Morgan fingerprint density at radius 1 is 1.29 bits per heavy atom. The number of phenols is 1. The number of methoxy groups -OCH3 is 1. The Morgan fingerprint density at radius 3 is 2.62 bits per heavy atom. The van der Waals surface area contributed by atoms with Crippen molar-refractivity contribution in [3.05, 3.63) is 58.6 Å². The van der Waals surface area contributed by atoms with Crippen LogP contribution in [0.2, 0.25) is 5.02 Å². The van der Waals surface area contributed by atoms with Gasteiger partial charge in [0, 0.05) is 11.1 Å². The van der Waals surface area contributed by atoms with Crippen molar-refractivity contribution < 1.29 is 14.6 Å². The number of aromatic hydroxyl groups is 1. The smallest absolute Gasteiger partial charge is 0.271 e. The highest BCUT2D eigenvalue weighted by Gasteiger charge is 2.04. The number of carbonyl (C=O) groups excluding carboxylic acids is 1. The number of hydrazone groups is 1. The first kappa shape index (κ1) is 14.9. The molecule has 6 heteroatoms. The molecule has 0 heterocycles. The quantitative estimate of drug-likeness (QED) is 0.674. The number of hydrogen-bond donors (Lipinski definition) is 2. The molecule has 0 aliphatic heterocycles. The van der Waals surface area contributed by atoms with E-state index in [4.69, 9.17) is 21.4 Å². The first-order chi connectivity index (χ1) is 10.1. The fourth-order valence-corrected chi connectivity index (χ4v) is 1.80. The van der Waals surface area contributed by atoms with E-state index in [-0.39, 0.29) is 11.7 Å². The molecule has 0 spiro atoms. The lowest BCUT2D eigenvalue weighted by molar-refractivity contribution is 0.0955. The summed E-state index contributed by atoms with van der Waals surface area (Å²) in [6, 6.07) is 11.0. The van der Waals surface area contributed by atoms with Crippen LogP contribution in [0.4, 0.5) is 0 Å². The van der Waals surface area contributed by atoms with Crippen LogP contribution in [0.15, 0.2) is 47.6 Å². The summed E-state index contributed by atoms with van der Waals surface area (Å²) in [5.41, 5.74) is 3.43. The minimum absolute atomic E-state index is 0.0973. The van der Waals surface area contributed by atoms with Crippen LogP contribution in [0.5, 0.6) is 11.5 Å². The summed E-state index contributed by atoms with van der Waals surface area (Å²) in [6.07, 6.45) is 1.44. The number of hydrogen-bond acceptors (Lipinski definition) is 4. The second-order valence-corrected chi connectivity index (χ2v) is 4.54. The number of halogens is 1. The SMILES string of the molecule is COc1ccc(/C=N/NC(=O)c2ccc(O)cc2)c(Cl)c1. The van der Waals surface area contributed by atoms with Crippen LogP contribution in [0.1, 0.15) is 15.9 Å². The van der Waals surface area contributed by atoms with Gasteiger partial charge in [-0.2, -0.15) is 5.10 Å². The van der Waals surface area contributed by atoms with Gasteiger partial charge in [-0.3, -0.25) is 4.79 Å². The van der Waals surface area contributed by atoms with Gasteiger partial charge in [-0.15, -0.1) is 0 Å². The Hall–Kier alpha value is -2.53. The van der Waals surface area contributed by atoms with E-state index in [1.165, 1.54) is 30.5 Å². The summed E-state index contributed by atoms with van der Waals surface area (Å²) < 4.78 is 5.04. The van der Waals surface area contributed by atoms with Gasteiger partial charge in [0.25, 0.3) is 5.91 Å². The third kappa shape index (κ3) is 3.97. The highest BCUT2D eigenvalue weighted by molar-refractivity contribution is 6.33. The highest BCUT2D eigenvalue weighted by atomic mass is 35.5. The molecule has 0 unspecified atom stereocenters. The number of benzene rings is 2. The summed E-state index contributed by atoms with van der Waals surface area (Å²) in [5, 5.41) is 13.5. The summed E-state index contributed by atoms with van der Waals surface area (Å²) in [5.74, 6) is 0.362. The van der Waals surface area contributed by atoms with E-state index in [9.17, 15) is 4.79 Å². The molecule has 0 aliphatic rings. The lowest BCUT2D eigenvalue weighted by atomic mass is 10.2. The third-order valence-electron chi connectivity index (χ3n) is 2.71. The van der Waals surface area contributed by atoms with Crippen molar-refractivity contribution in [2.45, 2.75) is 0 Å². The van der Waals surface area contributed by atoms with Crippen LogP contribution in [0, 0.1) is 0 Å². The third-order valence-corrected chi connectivity index (χ3v) is 3.03. The van der Waals surface area contributed by atoms with Crippen LogP contribution in [0.25, 0.3) is 0 Å². The molecular weight excluding hydrogens is 292 g/mol. The van der Waals surface area contributed by atoms with Crippen molar-refractivity contribution in [2.24, 2.45) is 5.10 Å². The molecule has 0 radical (unpaired) electrons. The van der Waals surface area contributed by atoms with E-state index in [0.29, 0.717) is 21.9 Å². The summed E-state index contributed by atoms with van der Waals surface area (Å²) in [7, 11) is 1.55. The van der Waals surface area contributed by atoms with Crippen LogP contribution in [-0.2, 0) is 0 Å². The van der Waals surface area contributed by atoms with Crippen LogP contribution in [-0.4, -0.2) is 24.3 Å². The van der Waals surface area contributed by atoms with Crippen LogP contribution < -0.4 is 10.2 Å². The Balaban J connectivity index is 2.02. The normalized spacial score (nSPS) is 10.6. The molecule has 2 N–H and O–H groups in total. The van der Waals surface area contributed by atoms with Crippen molar-refractivity contribution in [1.29, 1.82) is 0 Å². The van der Waals surface area contributed by atoms with Gasteiger partial charge in [-0.1, -0.05) is 11.6 Å². The monoisotopic (exact) mass is 304 g/mol. The maximum Gasteiger partial charge on any atom is 0.271 e. The van der Waals surface area contributed by atoms with E-state index in [2.05, 4.69) is 10.5 Å². The highest BCUT2D eigenvalue weighted by Crippen LogP contribution is 2.20. The molecule has 0 saturated carbocycles. The fourth-order valence-electron chi connectivity index (χ4n) is 1.58. The van der Waals surface area contributed by atoms with Gasteiger partial charge in [0.05, 0.1) is 18.3 Å². The van der Waals surface area contributed by atoms with Gasteiger partial charge >= 0.3 is 0 Å². The van der Waals surface area contributed by atoms with Crippen molar-refractivity contribution in [3.63, 3.8) is 0 Å². The van der Waals surface area contributed by atoms with Crippen molar-refractivity contribution in [3.8, 4) is 11.5 Å². The number of amides is 1. The van der Waals surface area contributed by atoms with Crippen molar-refractivity contribution in [2.75, 3.05) is 7.11 Å². The molecule has 2 rings (SSSR count). The van der Waals surface area contributed by atoms with E-state index in [1.807, 2.05) is 0 Å². The van der Waals surface area contributed by atoms with Crippen molar-refractivity contribution >= 4 is 23.7 Å². The molecule has 2 aromatic rings. The van der Waals surface area contributed by atoms with Gasteiger partial charge in [0.2, 0.25) is 0 Å². The van der Waals surface area contributed by atoms with Gasteiger partial charge < -0.3 is 9.84 Å².